The van der Waals surface area contributed by atoms with E-state index in [0.29, 0.717) is 5.02 Å². The van der Waals surface area contributed by atoms with Crippen molar-refractivity contribution >= 4 is 34.3 Å². The van der Waals surface area contributed by atoms with Crippen molar-refractivity contribution in [2.45, 2.75) is 0 Å². The number of Topliss-reactive ketones (excluding diaryl/α,β-unsaturated/α-hetero) is 1. The summed E-state index contributed by atoms with van der Waals surface area (Å²) >= 11 is 5.82. The molecule has 0 saturated heterocycles. The van der Waals surface area contributed by atoms with Gasteiger partial charge in [0, 0.05) is 11.1 Å². The SMILES string of the molecule is COc1ccc(F)cc1C(=O)COC(=O)c1cc(=O)c2cc(Cl)ccc2o1. The van der Waals surface area contributed by atoms with Gasteiger partial charge in [0.2, 0.25) is 11.5 Å². The molecule has 0 spiro atoms. The summed E-state index contributed by atoms with van der Waals surface area (Å²) in [6.45, 7) is -0.680. The van der Waals surface area contributed by atoms with Crippen LogP contribution in [0.15, 0.2) is 51.7 Å². The third kappa shape index (κ3) is 3.98. The molecule has 0 radical (unpaired) electrons. The first kappa shape index (κ1) is 18.6. The molecule has 27 heavy (non-hydrogen) atoms. The van der Waals surface area contributed by atoms with Gasteiger partial charge in [0.1, 0.15) is 17.1 Å². The maximum absolute atomic E-state index is 13.4. The fraction of sp³-hybridized carbons (Fsp3) is 0.105. The van der Waals surface area contributed by atoms with Gasteiger partial charge in [0.05, 0.1) is 18.1 Å². The average Bonchev–Trinajstić information content (AvgIpc) is 2.66. The van der Waals surface area contributed by atoms with E-state index in [-0.39, 0.29) is 28.0 Å². The van der Waals surface area contributed by atoms with E-state index >= 15 is 0 Å². The topological polar surface area (TPSA) is 82.8 Å². The third-order valence-electron chi connectivity index (χ3n) is 3.69. The van der Waals surface area contributed by atoms with E-state index in [1.165, 1.54) is 31.4 Å². The van der Waals surface area contributed by atoms with E-state index in [1.807, 2.05) is 0 Å². The predicted molar refractivity (Wildman–Crippen MR) is 95.1 cm³/mol. The minimum absolute atomic E-state index is 0.0695. The highest BCUT2D eigenvalue weighted by Crippen LogP contribution is 2.21. The monoisotopic (exact) mass is 390 g/mol. The van der Waals surface area contributed by atoms with Crippen molar-refractivity contribution in [3.05, 3.63) is 74.9 Å². The molecule has 0 N–H and O–H groups in total. The van der Waals surface area contributed by atoms with E-state index in [0.717, 1.165) is 18.2 Å². The Balaban J connectivity index is 1.79. The Morgan fingerprint density at radius 1 is 1.15 bits per heavy atom. The predicted octanol–water partition coefficient (Wildman–Crippen LogP) is 3.63. The van der Waals surface area contributed by atoms with E-state index in [2.05, 4.69) is 0 Å². The van der Waals surface area contributed by atoms with Crippen LogP contribution in [0, 0.1) is 5.82 Å². The molecule has 138 valence electrons. The maximum Gasteiger partial charge on any atom is 0.374 e. The molecular formula is C19H12ClFO6. The molecule has 0 aliphatic rings. The van der Waals surface area contributed by atoms with Crippen LogP contribution in [0.25, 0.3) is 11.0 Å². The van der Waals surface area contributed by atoms with Crippen molar-refractivity contribution in [1.29, 1.82) is 0 Å². The van der Waals surface area contributed by atoms with Gasteiger partial charge in [0.15, 0.2) is 12.0 Å². The lowest BCUT2D eigenvalue weighted by Crippen LogP contribution is -2.16. The van der Waals surface area contributed by atoms with Crippen molar-refractivity contribution in [3.63, 3.8) is 0 Å². The summed E-state index contributed by atoms with van der Waals surface area (Å²) in [7, 11) is 1.33. The zero-order chi connectivity index (χ0) is 19.6. The van der Waals surface area contributed by atoms with E-state index in [9.17, 15) is 18.8 Å². The van der Waals surface area contributed by atoms with Gasteiger partial charge >= 0.3 is 5.97 Å². The second-order valence-electron chi connectivity index (χ2n) is 5.46. The molecule has 1 aromatic heterocycles. The number of carbonyl (C=O) groups is 2. The maximum atomic E-state index is 13.4. The number of hydrogen-bond donors (Lipinski definition) is 0. The zero-order valence-corrected chi connectivity index (χ0v) is 14.7. The number of fused-ring (bicyclic) bond motifs is 1. The number of methoxy groups -OCH3 is 1. The van der Waals surface area contributed by atoms with Crippen LogP contribution >= 0.6 is 11.6 Å². The fourth-order valence-electron chi connectivity index (χ4n) is 2.41. The Kier molecular flexibility index (Phi) is 5.23. The van der Waals surface area contributed by atoms with Gasteiger partial charge in [-0.25, -0.2) is 9.18 Å². The first-order valence-corrected chi connectivity index (χ1v) is 8.04. The number of esters is 1. The molecule has 0 amide bonds. The molecule has 0 aliphatic carbocycles. The first-order valence-electron chi connectivity index (χ1n) is 7.66. The van der Waals surface area contributed by atoms with Crippen LogP contribution in [-0.4, -0.2) is 25.5 Å². The van der Waals surface area contributed by atoms with Crippen LogP contribution in [-0.2, 0) is 4.74 Å². The summed E-state index contributed by atoms with van der Waals surface area (Å²) in [4.78, 5) is 36.4. The largest absolute Gasteiger partial charge is 0.496 e. The summed E-state index contributed by atoms with van der Waals surface area (Å²) in [5.41, 5.74) is -0.402. The first-order chi connectivity index (χ1) is 12.9. The van der Waals surface area contributed by atoms with Gasteiger partial charge in [-0.15, -0.1) is 0 Å². The number of carbonyl (C=O) groups excluding carboxylic acids is 2. The highest BCUT2D eigenvalue weighted by atomic mass is 35.5. The number of rotatable bonds is 5. The molecule has 0 unspecified atom stereocenters. The molecule has 0 bridgehead atoms. The lowest BCUT2D eigenvalue weighted by Gasteiger charge is -2.08. The van der Waals surface area contributed by atoms with Gasteiger partial charge in [-0.1, -0.05) is 11.6 Å². The van der Waals surface area contributed by atoms with Gasteiger partial charge in [-0.2, -0.15) is 0 Å². The van der Waals surface area contributed by atoms with Crippen LogP contribution in [0.2, 0.25) is 5.02 Å². The summed E-state index contributed by atoms with van der Waals surface area (Å²) < 4.78 is 28.6. The Morgan fingerprint density at radius 2 is 1.93 bits per heavy atom. The van der Waals surface area contributed by atoms with Crippen molar-refractivity contribution in [3.8, 4) is 5.75 Å². The molecule has 3 aromatic rings. The van der Waals surface area contributed by atoms with Gasteiger partial charge in [-0.3, -0.25) is 9.59 Å². The molecule has 8 heteroatoms. The average molecular weight is 391 g/mol. The lowest BCUT2D eigenvalue weighted by atomic mass is 10.1. The normalized spacial score (nSPS) is 10.6. The summed E-state index contributed by atoms with van der Waals surface area (Å²) in [6.07, 6.45) is 0. The smallest absolute Gasteiger partial charge is 0.374 e. The van der Waals surface area contributed by atoms with Crippen LogP contribution in [0.5, 0.6) is 5.75 Å². The molecule has 0 saturated carbocycles. The van der Waals surface area contributed by atoms with Crippen molar-refractivity contribution < 1.29 is 27.9 Å². The van der Waals surface area contributed by atoms with Crippen LogP contribution in [0.3, 0.4) is 0 Å². The van der Waals surface area contributed by atoms with Crippen LogP contribution < -0.4 is 10.2 Å². The van der Waals surface area contributed by atoms with Crippen molar-refractivity contribution in [2.24, 2.45) is 0 Å². The highest BCUT2D eigenvalue weighted by molar-refractivity contribution is 6.31. The minimum atomic E-state index is -1.01. The van der Waals surface area contributed by atoms with Crippen LogP contribution in [0.4, 0.5) is 4.39 Å². The second kappa shape index (κ2) is 7.59. The highest BCUT2D eigenvalue weighted by Gasteiger charge is 2.19. The Hall–Kier alpha value is -3.19. The number of ketones is 1. The van der Waals surface area contributed by atoms with E-state index in [4.69, 9.17) is 25.5 Å². The van der Waals surface area contributed by atoms with Gasteiger partial charge in [0.25, 0.3) is 0 Å². The van der Waals surface area contributed by atoms with Crippen molar-refractivity contribution in [2.75, 3.05) is 13.7 Å². The van der Waals surface area contributed by atoms with Crippen LogP contribution in [0.1, 0.15) is 20.9 Å². The minimum Gasteiger partial charge on any atom is -0.496 e. The molecule has 0 fully saturated rings. The zero-order valence-electron chi connectivity index (χ0n) is 14.0. The van der Waals surface area contributed by atoms with Gasteiger partial charge in [-0.05, 0) is 36.4 Å². The summed E-state index contributed by atoms with van der Waals surface area (Å²) in [5, 5.41) is 0.555. The second-order valence-corrected chi connectivity index (χ2v) is 5.90. The van der Waals surface area contributed by atoms with E-state index in [1.54, 1.807) is 0 Å². The standard InChI is InChI=1S/C19H12ClFO6/c1-25-16-5-3-11(21)7-13(16)15(23)9-26-19(24)18-8-14(22)12-6-10(20)2-4-17(12)27-18/h2-8H,9H2,1H3. The molecule has 0 atom stereocenters. The number of benzene rings is 2. The quantitative estimate of drug-likeness (QED) is 0.488. The molecule has 0 aliphatic heterocycles. The number of ether oxygens (including phenoxy) is 2. The molecular weight excluding hydrogens is 379 g/mol. The molecule has 1 heterocycles. The fourth-order valence-corrected chi connectivity index (χ4v) is 2.58. The number of halogens is 2. The molecule has 2 aromatic carbocycles. The van der Waals surface area contributed by atoms with Gasteiger partial charge < -0.3 is 13.9 Å². The molecule has 6 nitrogen and oxygen atoms in total. The summed E-state index contributed by atoms with van der Waals surface area (Å²) in [5.74, 6) is -2.53. The Morgan fingerprint density at radius 3 is 2.67 bits per heavy atom. The van der Waals surface area contributed by atoms with Crippen molar-refractivity contribution in [1.82, 2.24) is 0 Å². The molecule has 3 rings (SSSR count). The third-order valence-corrected chi connectivity index (χ3v) is 3.92. The Labute approximate surface area is 157 Å². The lowest BCUT2D eigenvalue weighted by molar-refractivity contribution is 0.0443. The Bertz CT molecular complexity index is 1110. The number of hydrogen-bond acceptors (Lipinski definition) is 6. The summed E-state index contributed by atoms with van der Waals surface area (Å²) in [6, 6.07) is 8.72. The van der Waals surface area contributed by atoms with E-state index < -0.39 is 29.6 Å².